The number of primary amides is 1. The number of rotatable bonds is 4. The number of amides is 2. The minimum absolute atomic E-state index is 0.173. The van der Waals surface area contributed by atoms with Gasteiger partial charge in [0.25, 0.3) is 5.91 Å². The lowest BCUT2D eigenvalue weighted by Gasteiger charge is -2.16. The second-order valence-electron chi connectivity index (χ2n) is 5.04. The summed E-state index contributed by atoms with van der Waals surface area (Å²) in [5.41, 5.74) is 4.39. The van der Waals surface area contributed by atoms with Crippen LogP contribution in [-0.4, -0.2) is 36.4 Å². The Morgan fingerprint density at radius 3 is 2.41 bits per heavy atom. The molecule has 1 fully saturated rings. The van der Waals surface area contributed by atoms with Crippen molar-refractivity contribution in [2.45, 2.75) is 12.6 Å². The molecule has 1 aliphatic rings. The number of likely N-dealkylation sites (tertiary alicyclic amines) is 1. The Labute approximate surface area is 124 Å². The fourth-order valence-electron chi connectivity index (χ4n) is 2.20. The Morgan fingerprint density at radius 2 is 1.91 bits per heavy atom. The van der Waals surface area contributed by atoms with E-state index in [2.05, 4.69) is 0 Å². The molecular weight excluding hydrogens is 301 g/mol. The molecule has 120 valence electrons. The highest BCUT2D eigenvalue weighted by Crippen LogP contribution is 2.30. The Balaban J connectivity index is 1.85. The molecule has 0 aromatic heterocycles. The van der Waals surface area contributed by atoms with E-state index in [0.29, 0.717) is 13.0 Å². The monoisotopic (exact) mass is 316 g/mol. The van der Waals surface area contributed by atoms with Crippen LogP contribution in [-0.2, 0) is 15.8 Å². The zero-order valence-electron chi connectivity index (χ0n) is 11.6. The van der Waals surface area contributed by atoms with Gasteiger partial charge in [-0.3, -0.25) is 9.59 Å². The molecule has 1 aliphatic heterocycles. The summed E-state index contributed by atoms with van der Waals surface area (Å²) < 4.78 is 42.4. The van der Waals surface area contributed by atoms with E-state index >= 15 is 0 Å². The molecule has 1 atom stereocenters. The standard InChI is InChI=1S/C14H15F3N2O3/c15-14(16,17)10-1-3-11(4-2-10)22-8-12(20)19-6-5-9(7-19)13(18)21/h1-4,9H,5-8H2,(H2,18,21)/t9-/m1/s1. The molecule has 2 rings (SSSR count). The third-order valence-corrected chi connectivity index (χ3v) is 3.49. The first-order valence-corrected chi connectivity index (χ1v) is 6.64. The molecule has 1 saturated heterocycles. The maximum Gasteiger partial charge on any atom is 0.416 e. The van der Waals surface area contributed by atoms with Crippen molar-refractivity contribution in [1.29, 1.82) is 0 Å². The average molecular weight is 316 g/mol. The van der Waals surface area contributed by atoms with Crippen molar-refractivity contribution in [3.8, 4) is 5.75 Å². The van der Waals surface area contributed by atoms with E-state index in [1.807, 2.05) is 0 Å². The van der Waals surface area contributed by atoms with Gasteiger partial charge in [0, 0.05) is 13.1 Å². The molecular formula is C14H15F3N2O3. The third-order valence-electron chi connectivity index (χ3n) is 3.49. The summed E-state index contributed by atoms with van der Waals surface area (Å²) in [5, 5.41) is 0. The van der Waals surface area contributed by atoms with Gasteiger partial charge in [-0.2, -0.15) is 13.2 Å². The van der Waals surface area contributed by atoms with Gasteiger partial charge in [-0.1, -0.05) is 0 Å². The highest BCUT2D eigenvalue weighted by atomic mass is 19.4. The highest BCUT2D eigenvalue weighted by molar-refractivity contribution is 5.81. The summed E-state index contributed by atoms with van der Waals surface area (Å²) in [6.07, 6.45) is -3.89. The Morgan fingerprint density at radius 1 is 1.27 bits per heavy atom. The van der Waals surface area contributed by atoms with Crippen LogP contribution in [0.1, 0.15) is 12.0 Å². The molecule has 1 aromatic carbocycles. The first-order valence-electron chi connectivity index (χ1n) is 6.64. The van der Waals surface area contributed by atoms with Crippen molar-refractivity contribution < 1.29 is 27.5 Å². The number of nitrogens with zero attached hydrogens (tertiary/aromatic N) is 1. The second kappa shape index (κ2) is 6.25. The normalized spacial score (nSPS) is 18.3. The number of hydrogen-bond acceptors (Lipinski definition) is 3. The van der Waals surface area contributed by atoms with Gasteiger partial charge in [0.05, 0.1) is 11.5 Å². The molecule has 1 heterocycles. The molecule has 2 N–H and O–H groups in total. The van der Waals surface area contributed by atoms with Crippen LogP contribution in [0.15, 0.2) is 24.3 Å². The molecule has 0 saturated carbocycles. The Kier molecular flexibility index (Phi) is 4.58. The molecule has 0 spiro atoms. The van der Waals surface area contributed by atoms with E-state index in [-0.39, 0.29) is 30.7 Å². The number of carbonyl (C=O) groups is 2. The van der Waals surface area contributed by atoms with E-state index in [1.165, 1.54) is 4.90 Å². The SMILES string of the molecule is NC(=O)[C@@H]1CCN(C(=O)COc2ccc(C(F)(F)F)cc2)C1. The van der Waals surface area contributed by atoms with Crippen molar-refractivity contribution in [2.75, 3.05) is 19.7 Å². The molecule has 0 bridgehead atoms. The number of hydrogen-bond donors (Lipinski definition) is 1. The summed E-state index contributed by atoms with van der Waals surface area (Å²) >= 11 is 0. The van der Waals surface area contributed by atoms with Gasteiger partial charge >= 0.3 is 6.18 Å². The van der Waals surface area contributed by atoms with E-state index in [4.69, 9.17) is 10.5 Å². The van der Waals surface area contributed by atoms with E-state index < -0.39 is 17.6 Å². The van der Waals surface area contributed by atoms with Crippen LogP contribution in [0.25, 0.3) is 0 Å². The van der Waals surface area contributed by atoms with Crippen LogP contribution in [0.4, 0.5) is 13.2 Å². The molecule has 1 aromatic rings. The molecule has 22 heavy (non-hydrogen) atoms. The first-order chi connectivity index (χ1) is 10.3. The third kappa shape index (κ3) is 3.90. The van der Waals surface area contributed by atoms with Crippen molar-refractivity contribution in [1.82, 2.24) is 4.90 Å². The van der Waals surface area contributed by atoms with Crippen molar-refractivity contribution in [2.24, 2.45) is 11.7 Å². The van der Waals surface area contributed by atoms with Crippen LogP contribution in [0.5, 0.6) is 5.75 Å². The van der Waals surface area contributed by atoms with Gasteiger partial charge in [0.2, 0.25) is 5.91 Å². The van der Waals surface area contributed by atoms with E-state index in [0.717, 1.165) is 24.3 Å². The number of nitrogens with two attached hydrogens (primary N) is 1. The molecule has 5 nitrogen and oxygen atoms in total. The second-order valence-corrected chi connectivity index (χ2v) is 5.04. The summed E-state index contributed by atoms with van der Waals surface area (Å²) in [5.74, 6) is -0.954. The molecule has 0 unspecified atom stereocenters. The maximum atomic E-state index is 12.4. The van der Waals surface area contributed by atoms with Gasteiger partial charge in [-0.15, -0.1) is 0 Å². The van der Waals surface area contributed by atoms with Crippen molar-refractivity contribution in [3.63, 3.8) is 0 Å². The van der Waals surface area contributed by atoms with Gasteiger partial charge in [-0.05, 0) is 30.7 Å². The maximum absolute atomic E-state index is 12.4. The zero-order valence-corrected chi connectivity index (χ0v) is 11.6. The lowest BCUT2D eigenvalue weighted by atomic mass is 10.1. The van der Waals surface area contributed by atoms with E-state index in [1.54, 1.807) is 0 Å². The Hall–Kier alpha value is -2.25. The summed E-state index contributed by atoms with van der Waals surface area (Å²) in [7, 11) is 0. The highest BCUT2D eigenvalue weighted by Gasteiger charge is 2.31. The van der Waals surface area contributed by atoms with Crippen LogP contribution in [0.2, 0.25) is 0 Å². The number of alkyl halides is 3. The minimum Gasteiger partial charge on any atom is -0.484 e. The number of halogens is 3. The quantitative estimate of drug-likeness (QED) is 0.913. The molecule has 8 heteroatoms. The average Bonchev–Trinajstić information content (AvgIpc) is 2.94. The fourth-order valence-corrected chi connectivity index (χ4v) is 2.20. The first kappa shape index (κ1) is 16.1. The number of benzene rings is 1. The fraction of sp³-hybridized carbons (Fsp3) is 0.429. The van der Waals surface area contributed by atoms with Crippen LogP contribution >= 0.6 is 0 Å². The number of ether oxygens (including phenoxy) is 1. The largest absolute Gasteiger partial charge is 0.484 e. The lowest BCUT2D eigenvalue weighted by molar-refractivity contribution is -0.137. The molecule has 0 radical (unpaired) electrons. The predicted octanol–water partition coefficient (Wildman–Crippen LogP) is 1.42. The van der Waals surface area contributed by atoms with Gasteiger partial charge in [0.15, 0.2) is 6.61 Å². The lowest BCUT2D eigenvalue weighted by Crippen LogP contribution is -2.34. The van der Waals surface area contributed by atoms with Crippen LogP contribution in [0, 0.1) is 5.92 Å². The number of carbonyl (C=O) groups excluding carboxylic acids is 2. The summed E-state index contributed by atoms with van der Waals surface area (Å²) in [6.45, 7) is 0.379. The van der Waals surface area contributed by atoms with Gasteiger partial charge < -0.3 is 15.4 Å². The Bertz CT molecular complexity index is 557. The van der Waals surface area contributed by atoms with Crippen LogP contribution in [0.3, 0.4) is 0 Å². The topological polar surface area (TPSA) is 72.6 Å². The van der Waals surface area contributed by atoms with E-state index in [9.17, 15) is 22.8 Å². The van der Waals surface area contributed by atoms with Crippen LogP contribution < -0.4 is 10.5 Å². The van der Waals surface area contributed by atoms with Gasteiger partial charge in [-0.25, -0.2) is 0 Å². The minimum atomic E-state index is -4.41. The summed E-state index contributed by atoms with van der Waals surface area (Å²) in [6, 6.07) is 4.09. The van der Waals surface area contributed by atoms with Crippen molar-refractivity contribution >= 4 is 11.8 Å². The molecule has 0 aliphatic carbocycles. The zero-order chi connectivity index (χ0) is 16.3. The van der Waals surface area contributed by atoms with Gasteiger partial charge in [0.1, 0.15) is 5.75 Å². The smallest absolute Gasteiger partial charge is 0.416 e. The summed E-state index contributed by atoms with van der Waals surface area (Å²) in [4.78, 5) is 24.4. The van der Waals surface area contributed by atoms with Crippen molar-refractivity contribution in [3.05, 3.63) is 29.8 Å². The predicted molar refractivity (Wildman–Crippen MR) is 70.8 cm³/mol. The molecule has 2 amide bonds.